The highest BCUT2D eigenvalue weighted by molar-refractivity contribution is 5.87. The number of carbonyl (C=O) groups is 2. The van der Waals surface area contributed by atoms with Crippen LogP contribution < -0.4 is 4.74 Å². The van der Waals surface area contributed by atoms with Gasteiger partial charge in [-0.25, -0.2) is 4.79 Å². The fourth-order valence-corrected chi connectivity index (χ4v) is 5.29. The van der Waals surface area contributed by atoms with E-state index in [2.05, 4.69) is 37.0 Å². The van der Waals surface area contributed by atoms with Gasteiger partial charge in [0.15, 0.2) is 0 Å². The van der Waals surface area contributed by atoms with Gasteiger partial charge in [-0.05, 0) is 88.6 Å². The highest BCUT2D eigenvalue weighted by Gasteiger charge is 2.21. The van der Waals surface area contributed by atoms with E-state index in [-0.39, 0.29) is 17.9 Å². The molecule has 1 aliphatic heterocycles. The predicted molar refractivity (Wildman–Crippen MR) is 158 cm³/mol. The van der Waals surface area contributed by atoms with Gasteiger partial charge in [-0.1, -0.05) is 48.9 Å². The summed E-state index contributed by atoms with van der Waals surface area (Å²) >= 11 is 0. The number of para-hydroxylation sites is 1. The van der Waals surface area contributed by atoms with Gasteiger partial charge in [0.25, 0.3) is 0 Å². The van der Waals surface area contributed by atoms with Gasteiger partial charge >= 0.3 is 11.9 Å². The molecule has 1 fully saturated rings. The van der Waals surface area contributed by atoms with Crippen molar-refractivity contribution >= 4 is 18.0 Å². The van der Waals surface area contributed by atoms with Crippen LogP contribution in [0.25, 0.3) is 6.08 Å². The molecule has 2 aromatic rings. The zero-order chi connectivity index (χ0) is 28.7. The second kappa shape index (κ2) is 16.8. The molecule has 2 N–H and O–H groups in total. The quantitative estimate of drug-likeness (QED) is 0.215. The van der Waals surface area contributed by atoms with Gasteiger partial charge in [0.1, 0.15) is 5.75 Å². The van der Waals surface area contributed by atoms with Crippen LogP contribution >= 0.6 is 0 Å². The van der Waals surface area contributed by atoms with Gasteiger partial charge < -0.3 is 19.7 Å². The molecular formula is C33H45NO6. The van der Waals surface area contributed by atoms with E-state index in [0.29, 0.717) is 25.2 Å². The molecule has 40 heavy (non-hydrogen) atoms. The zero-order valence-corrected chi connectivity index (χ0v) is 24.0. The molecule has 1 saturated heterocycles. The number of rotatable bonds is 17. The van der Waals surface area contributed by atoms with E-state index in [1.165, 1.54) is 0 Å². The number of nitrogens with zero attached hydrogens (tertiary/aromatic N) is 1. The van der Waals surface area contributed by atoms with Crippen molar-refractivity contribution in [3.63, 3.8) is 0 Å². The Bertz CT molecular complexity index is 1070. The molecule has 3 rings (SSSR count). The van der Waals surface area contributed by atoms with E-state index in [9.17, 15) is 14.7 Å². The lowest BCUT2D eigenvalue weighted by Gasteiger charge is -2.35. The molecule has 7 nitrogen and oxygen atoms in total. The summed E-state index contributed by atoms with van der Waals surface area (Å²) in [6.07, 6.45) is 11.4. The highest BCUT2D eigenvalue weighted by Crippen LogP contribution is 2.24. The van der Waals surface area contributed by atoms with Gasteiger partial charge in [-0.3, -0.25) is 9.69 Å². The summed E-state index contributed by atoms with van der Waals surface area (Å²) < 4.78 is 12.0. The van der Waals surface area contributed by atoms with Crippen LogP contribution in [0, 0.1) is 5.92 Å². The van der Waals surface area contributed by atoms with Crippen molar-refractivity contribution in [2.75, 3.05) is 26.2 Å². The lowest BCUT2D eigenvalue weighted by molar-refractivity contribution is -0.137. The molecule has 2 aromatic carbocycles. The minimum absolute atomic E-state index is 0.172. The smallest absolute Gasteiger partial charge is 0.335 e. The van der Waals surface area contributed by atoms with Crippen molar-refractivity contribution in [2.24, 2.45) is 5.92 Å². The summed E-state index contributed by atoms with van der Waals surface area (Å²) in [5.41, 5.74) is 2.35. The molecule has 0 saturated carbocycles. The molecule has 3 atom stereocenters. The SMILES string of the molecule is CC1CN(CCCCCOc2ccccc2/C=C/C(CCCCC(=O)O)Cc2ccc(C(=O)O)cc2)CC(C)O1. The van der Waals surface area contributed by atoms with Crippen LogP contribution in [0.1, 0.15) is 80.3 Å². The number of allylic oxidation sites excluding steroid dienone is 1. The van der Waals surface area contributed by atoms with Crippen LogP contribution in [0.15, 0.2) is 54.6 Å². The fourth-order valence-electron chi connectivity index (χ4n) is 5.29. The largest absolute Gasteiger partial charge is 0.493 e. The first-order chi connectivity index (χ1) is 19.3. The molecule has 3 unspecified atom stereocenters. The van der Waals surface area contributed by atoms with Crippen LogP contribution in [0.2, 0.25) is 0 Å². The first-order valence-electron chi connectivity index (χ1n) is 14.6. The Morgan fingerprint density at radius 1 is 0.975 bits per heavy atom. The lowest BCUT2D eigenvalue weighted by atomic mass is 9.92. The monoisotopic (exact) mass is 551 g/mol. The van der Waals surface area contributed by atoms with Crippen molar-refractivity contribution < 1.29 is 29.3 Å². The molecule has 218 valence electrons. The lowest BCUT2D eigenvalue weighted by Crippen LogP contribution is -2.45. The summed E-state index contributed by atoms with van der Waals surface area (Å²) in [7, 11) is 0. The summed E-state index contributed by atoms with van der Waals surface area (Å²) in [5, 5.41) is 18.2. The first-order valence-corrected chi connectivity index (χ1v) is 14.6. The third-order valence-electron chi connectivity index (χ3n) is 7.25. The average Bonchev–Trinajstić information content (AvgIpc) is 2.91. The Labute approximate surface area is 238 Å². The molecule has 0 amide bonds. The Balaban J connectivity index is 1.52. The molecule has 0 aromatic heterocycles. The number of unbranched alkanes of at least 4 members (excludes halogenated alkanes) is 3. The van der Waals surface area contributed by atoms with Crippen molar-refractivity contribution in [2.45, 2.75) is 77.4 Å². The highest BCUT2D eigenvalue weighted by atomic mass is 16.5. The third-order valence-corrected chi connectivity index (χ3v) is 7.25. The maximum Gasteiger partial charge on any atom is 0.335 e. The molecule has 0 bridgehead atoms. The van der Waals surface area contributed by atoms with Crippen molar-refractivity contribution in [3.05, 3.63) is 71.3 Å². The zero-order valence-electron chi connectivity index (χ0n) is 24.0. The molecule has 0 spiro atoms. The molecule has 1 aliphatic rings. The van der Waals surface area contributed by atoms with E-state index in [0.717, 1.165) is 75.0 Å². The molecule has 0 radical (unpaired) electrons. The molecule has 7 heteroatoms. The van der Waals surface area contributed by atoms with Gasteiger partial charge in [0.05, 0.1) is 24.4 Å². The maximum atomic E-state index is 11.2. The van der Waals surface area contributed by atoms with Crippen LogP contribution in [-0.4, -0.2) is 65.5 Å². The molecule has 1 heterocycles. The van der Waals surface area contributed by atoms with Crippen LogP contribution in [0.3, 0.4) is 0 Å². The molecule has 0 aliphatic carbocycles. The van der Waals surface area contributed by atoms with Crippen LogP contribution in [0.5, 0.6) is 5.75 Å². The normalized spacial score (nSPS) is 18.6. The standard InChI is InChI=1S/C33H45NO6/c1-25-23-34(24-26(2)40-25)20-8-3-9-21-39-31-12-6-5-11-29(31)17-14-27(10-4-7-13-32(35)36)22-28-15-18-30(19-16-28)33(37)38/h5-6,11-12,14-19,25-27H,3-4,7-10,13,20-24H2,1-2H3,(H,35,36)(H,37,38)/b17-14+. The number of benzene rings is 2. The summed E-state index contributed by atoms with van der Waals surface area (Å²) in [6, 6.07) is 15.0. The number of aliphatic carboxylic acids is 1. The third kappa shape index (κ3) is 11.5. The van der Waals surface area contributed by atoms with Gasteiger partial charge in [-0.2, -0.15) is 0 Å². The summed E-state index contributed by atoms with van der Waals surface area (Å²) in [4.78, 5) is 24.6. The molecular weight excluding hydrogens is 506 g/mol. The Hall–Kier alpha value is -3.16. The topological polar surface area (TPSA) is 96.3 Å². The number of ether oxygens (including phenoxy) is 2. The second-order valence-corrected chi connectivity index (χ2v) is 10.9. The Morgan fingerprint density at radius 3 is 2.40 bits per heavy atom. The van der Waals surface area contributed by atoms with E-state index < -0.39 is 11.9 Å². The first kappa shape index (κ1) is 31.4. The Morgan fingerprint density at radius 2 is 1.70 bits per heavy atom. The number of hydrogen-bond acceptors (Lipinski definition) is 5. The summed E-state index contributed by atoms with van der Waals surface area (Å²) in [6.45, 7) is 8.08. The van der Waals surface area contributed by atoms with Gasteiger partial charge in [-0.15, -0.1) is 0 Å². The average molecular weight is 552 g/mol. The van der Waals surface area contributed by atoms with Crippen molar-refractivity contribution in [1.29, 1.82) is 0 Å². The Kier molecular flexibility index (Phi) is 13.2. The van der Waals surface area contributed by atoms with E-state index in [1.807, 2.05) is 30.3 Å². The van der Waals surface area contributed by atoms with E-state index in [1.54, 1.807) is 12.1 Å². The number of aromatic carboxylic acids is 1. The number of morpholine rings is 1. The summed E-state index contributed by atoms with van der Waals surface area (Å²) in [5.74, 6) is -0.643. The minimum atomic E-state index is -0.936. The van der Waals surface area contributed by atoms with Crippen LogP contribution in [-0.2, 0) is 16.0 Å². The number of carboxylic acids is 2. The second-order valence-electron chi connectivity index (χ2n) is 10.9. The van der Waals surface area contributed by atoms with E-state index >= 15 is 0 Å². The maximum absolute atomic E-state index is 11.2. The number of carboxylic acid groups (broad SMARTS) is 2. The predicted octanol–water partition coefficient (Wildman–Crippen LogP) is 6.56. The fraction of sp³-hybridized carbons (Fsp3) is 0.515. The number of hydrogen-bond donors (Lipinski definition) is 2. The van der Waals surface area contributed by atoms with Crippen LogP contribution in [0.4, 0.5) is 0 Å². The minimum Gasteiger partial charge on any atom is -0.493 e. The van der Waals surface area contributed by atoms with E-state index in [4.69, 9.17) is 14.6 Å². The van der Waals surface area contributed by atoms with Crippen molar-refractivity contribution in [1.82, 2.24) is 4.90 Å². The van der Waals surface area contributed by atoms with Gasteiger partial charge in [0.2, 0.25) is 0 Å². The van der Waals surface area contributed by atoms with Gasteiger partial charge in [0, 0.05) is 25.1 Å². The van der Waals surface area contributed by atoms with Crippen molar-refractivity contribution in [3.8, 4) is 5.75 Å².